The molecule has 1 aliphatic heterocycles. The second-order valence-electron chi connectivity index (χ2n) is 8.61. The van der Waals surface area contributed by atoms with Gasteiger partial charge in [-0.3, -0.25) is 14.6 Å². The molecule has 0 aliphatic carbocycles. The molecule has 0 bridgehead atoms. The average Bonchev–Trinajstić information content (AvgIpc) is 2.90. The summed E-state index contributed by atoms with van der Waals surface area (Å²) in [6.45, 7) is 10.2. The van der Waals surface area contributed by atoms with Gasteiger partial charge < -0.3 is 4.74 Å². The number of rotatable bonds is 10. The first-order valence-electron chi connectivity index (χ1n) is 11.9. The van der Waals surface area contributed by atoms with E-state index in [-0.39, 0.29) is 5.91 Å². The number of hydrogen-bond acceptors (Lipinski definition) is 5. The molecule has 4 rings (SSSR count). The lowest BCUT2D eigenvalue weighted by atomic mass is 10.1. The zero-order chi connectivity index (χ0) is 24.3. The molecule has 1 heterocycles. The van der Waals surface area contributed by atoms with E-state index in [1.165, 1.54) is 11.1 Å². The lowest BCUT2D eigenvalue weighted by Crippen LogP contribution is -2.45. The Labute approximate surface area is 207 Å². The number of hydrazone groups is 1. The van der Waals surface area contributed by atoms with Crippen LogP contribution < -0.4 is 10.2 Å². The quantitative estimate of drug-likeness (QED) is 0.273. The van der Waals surface area contributed by atoms with Gasteiger partial charge in [0.25, 0.3) is 5.91 Å². The molecular weight excluding hydrogens is 436 g/mol. The van der Waals surface area contributed by atoms with Crippen molar-refractivity contribution in [3.05, 3.63) is 114 Å². The van der Waals surface area contributed by atoms with Gasteiger partial charge in [0.15, 0.2) is 0 Å². The molecule has 0 saturated carbocycles. The molecular formula is C29H32N4O2. The molecule has 0 atom stereocenters. The highest BCUT2D eigenvalue weighted by molar-refractivity contribution is 5.94. The third-order valence-electron chi connectivity index (χ3n) is 5.94. The Kier molecular flexibility index (Phi) is 8.81. The summed E-state index contributed by atoms with van der Waals surface area (Å²) in [7, 11) is 0. The van der Waals surface area contributed by atoms with Crippen LogP contribution in [0, 0.1) is 0 Å². The van der Waals surface area contributed by atoms with E-state index in [4.69, 9.17) is 4.74 Å². The second kappa shape index (κ2) is 12.6. The first kappa shape index (κ1) is 24.4. The highest BCUT2D eigenvalue weighted by Crippen LogP contribution is 2.13. The zero-order valence-corrected chi connectivity index (χ0v) is 20.0. The van der Waals surface area contributed by atoms with Gasteiger partial charge in [-0.05, 0) is 41.0 Å². The van der Waals surface area contributed by atoms with Gasteiger partial charge in [-0.25, -0.2) is 5.43 Å². The predicted molar refractivity (Wildman–Crippen MR) is 141 cm³/mol. The number of piperazine rings is 1. The van der Waals surface area contributed by atoms with Crippen LogP contribution in [0.3, 0.4) is 0 Å². The van der Waals surface area contributed by atoms with E-state index >= 15 is 0 Å². The van der Waals surface area contributed by atoms with Crippen LogP contribution in [0.25, 0.3) is 0 Å². The Balaban J connectivity index is 1.22. The van der Waals surface area contributed by atoms with E-state index in [0.717, 1.165) is 50.6 Å². The largest absolute Gasteiger partial charge is 0.490 e. The van der Waals surface area contributed by atoms with Crippen LogP contribution in [0.1, 0.15) is 27.0 Å². The average molecular weight is 469 g/mol. The molecule has 6 heteroatoms. The van der Waals surface area contributed by atoms with Crippen molar-refractivity contribution in [3.63, 3.8) is 0 Å². The fraction of sp³-hybridized carbons (Fsp3) is 0.241. The molecule has 3 aromatic rings. The van der Waals surface area contributed by atoms with Crippen LogP contribution >= 0.6 is 0 Å². The maximum Gasteiger partial charge on any atom is 0.271 e. The molecule has 0 unspecified atom stereocenters. The number of nitrogens with zero attached hydrogens (tertiary/aromatic N) is 3. The molecule has 1 saturated heterocycles. The summed E-state index contributed by atoms with van der Waals surface area (Å²) in [6.07, 6.45) is 3.30. The molecule has 180 valence electrons. The summed E-state index contributed by atoms with van der Waals surface area (Å²) in [6, 6.07) is 25.9. The molecule has 0 spiro atoms. The summed E-state index contributed by atoms with van der Waals surface area (Å²) in [5.41, 5.74) is 6.59. The Hall–Kier alpha value is -3.74. The fourth-order valence-corrected chi connectivity index (χ4v) is 4.04. The topological polar surface area (TPSA) is 57.2 Å². The van der Waals surface area contributed by atoms with Crippen LogP contribution in [-0.2, 0) is 13.1 Å². The third kappa shape index (κ3) is 7.64. The number of hydrogen-bond donors (Lipinski definition) is 1. The molecule has 1 N–H and O–H groups in total. The lowest BCUT2D eigenvalue weighted by Gasteiger charge is -2.34. The van der Waals surface area contributed by atoms with Crippen LogP contribution in [0.2, 0.25) is 0 Å². The summed E-state index contributed by atoms with van der Waals surface area (Å²) >= 11 is 0. The number of amides is 1. The Morgan fingerprint density at radius 3 is 2.20 bits per heavy atom. The van der Waals surface area contributed by atoms with Gasteiger partial charge in [-0.1, -0.05) is 67.3 Å². The molecule has 1 aliphatic rings. The van der Waals surface area contributed by atoms with Crippen molar-refractivity contribution < 1.29 is 9.53 Å². The van der Waals surface area contributed by atoms with Gasteiger partial charge in [-0.2, -0.15) is 5.10 Å². The molecule has 1 amide bonds. The summed E-state index contributed by atoms with van der Waals surface area (Å²) in [4.78, 5) is 17.4. The molecule has 35 heavy (non-hydrogen) atoms. The van der Waals surface area contributed by atoms with Gasteiger partial charge in [0.1, 0.15) is 12.4 Å². The van der Waals surface area contributed by atoms with E-state index in [0.29, 0.717) is 12.2 Å². The van der Waals surface area contributed by atoms with Crippen LogP contribution in [0.5, 0.6) is 5.75 Å². The first-order valence-corrected chi connectivity index (χ1v) is 11.9. The van der Waals surface area contributed by atoms with Crippen molar-refractivity contribution in [2.24, 2.45) is 5.10 Å². The monoisotopic (exact) mass is 468 g/mol. The predicted octanol–water partition coefficient (Wildman–Crippen LogP) is 4.33. The fourth-order valence-electron chi connectivity index (χ4n) is 4.04. The van der Waals surface area contributed by atoms with E-state index in [1.54, 1.807) is 12.3 Å². The lowest BCUT2D eigenvalue weighted by molar-refractivity contribution is 0.0955. The Morgan fingerprint density at radius 2 is 1.54 bits per heavy atom. The molecule has 0 radical (unpaired) electrons. The smallest absolute Gasteiger partial charge is 0.271 e. The van der Waals surface area contributed by atoms with Gasteiger partial charge in [0.05, 0.1) is 6.21 Å². The van der Waals surface area contributed by atoms with E-state index in [2.05, 4.69) is 57.2 Å². The molecule has 6 nitrogen and oxygen atoms in total. The van der Waals surface area contributed by atoms with E-state index < -0.39 is 0 Å². The SMILES string of the molecule is C=CCOc1cccc(/C=N\NC(=O)c2ccc(CN3CCN(Cc4ccccc4)CC3)cc2)c1. The van der Waals surface area contributed by atoms with Crippen molar-refractivity contribution in [2.45, 2.75) is 13.1 Å². The maximum atomic E-state index is 12.5. The summed E-state index contributed by atoms with van der Waals surface area (Å²) in [5.74, 6) is 0.495. The van der Waals surface area contributed by atoms with Crippen LogP contribution in [-0.4, -0.2) is 54.7 Å². The third-order valence-corrected chi connectivity index (χ3v) is 5.94. The number of benzene rings is 3. The molecule has 3 aromatic carbocycles. The summed E-state index contributed by atoms with van der Waals surface area (Å²) in [5, 5.41) is 4.08. The zero-order valence-electron chi connectivity index (χ0n) is 20.0. The van der Waals surface area contributed by atoms with Gasteiger partial charge in [-0.15, -0.1) is 0 Å². The maximum absolute atomic E-state index is 12.5. The first-order chi connectivity index (χ1) is 17.2. The van der Waals surface area contributed by atoms with Gasteiger partial charge >= 0.3 is 0 Å². The molecule has 0 aromatic heterocycles. The van der Waals surface area contributed by atoms with Crippen LogP contribution in [0.15, 0.2) is 96.6 Å². The second-order valence-corrected chi connectivity index (χ2v) is 8.61. The highest BCUT2D eigenvalue weighted by atomic mass is 16.5. The summed E-state index contributed by atoms with van der Waals surface area (Å²) < 4.78 is 5.51. The number of carbonyl (C=O) groups excluding carboxylic acids is 1. The number of nitrogens with one attached hydrogen (secondary N) is 1. The van der Waals surface area contributed by atoms with E-state index in [1.807, 2.05) is 48.5 Å². The molecule has 1 fully saturated rings. The Morgan fingerprint density at radius 1 is 0.886 bits per heavy atom. The van der Waals surface area contributed by atoms with Crippen molar-refractivity contribution in [3.8, 4) is 5.75 Å². The van der Waals surface area contributed by atoms with Crippen LogP contribution in [0.4, 0.5) is 0 Å². The van der Waals surface area contributed by atoms with Gasteiger partial charge in [0.2, 0.25) is 0 Å². The standard InChI is InChI=1S/C29H32N4O2/c1-2-19-35-28-10-6-9-26(20-28)21-30-31-29(34)27-13-11-25(12-14-27)23-33-17-15-32(16-18-33)22-24-7-4-3-5-8-24/h2-14,20-21H,1,15-19,22-23H2,(H,31,34)/b30-21-. The number of carbonyl (C=O) groups is 1. The number of ether oxygens (including phenoxy) is 1. The van der Waals surface area contributed by atoms with E-state index in [9.17, 15) is 4.79 Å². The normalized spacial score (nSPS) is 14.6. The minimum absolute atomic E-state index is 0.235. The highest BCUT2D eigenvalue weighted by Gasteiger charge is 2.17. The van der Waals surface area contributed by atoms with Gasteiger partial charge in [0, 0.05) is 44.8 Å². The van der Waals surface area contributed by atoms with Crippen molar-refractivity contribution in [2.75, 3.05) is 32.8 Å². The Bertz CT molecular complexity index is 1120. The van der Waals surface area contributed by atoms with Crippen molar-refractivity contribution in [1.29, 1.82) is 0 Å². The minimum atomic E-state index is -0.235. The van der Waals surface area contributed by atoms with Crippen molar-refractivity contribution >= 4 is 12.1 Å². The minimum Gasteiger partial charge on any atom is -0.490 e. The van der Waals surface area contributed by atoms with Crippen molar-refractivity contribution in [1.82, 2.24) is 15.2 Å².